The molecule has 0 radical (unpaired) electrons. The van der Waals surface area contributed by atoms with Gasteiger partial charge in [-0.3, -0.25) is 0 Å². The molecule has 0 heterocycles. The minimum absolute atomic E-state index is 0.00109. The Bertz CT molecular complexity index is 351. The van der Waals surface area contributed by atoms with E-state index in [1.165, 1.54) is 0 Å². The van der Waals surface area contributed by atoms with Crippen LogP contribution in [0.3, 0.4) is 0 Å². The molecule has 0 bridgehead atoms. The van der Waals surface area contributed by atoms with Gasteiger partial charge in [-0.1, -0.05) is 0 Å². The zero-order valence-electron chi connectivity index (χ0n) is 7.17. The summed E-state index contributed by atoms with van der Waals surface area (Å²) in [7, 11) is 0. The maximum atomic E-state index is 8.33. The predicted molar refractivity (Wildman–Crippen MR) is 58.1 cm³/mol. The van der Waals surface area contributed by atoms with Crippen molar-refractivity contribution in [1.29, 1.82) is 5.26 Å². The average Bonchev–Trinajstić information content (AvgIpc) is 2.15. The van der Waals surface area contributed by atoms with Gasteiger partial charge in [-0.25, -0.2) is 0 Å². The molecule has 0 spiro atoms. The first kappa shape index (κ1) is 11.7. The van der Waals surface area contributed by atoms with Crippen LogP contribution in [-0.2, 0) is 0 Å². The number of hydrogen-bond donors (Lipinski definition) is 0. The molecule has 14 heavy (non-hydrogen) atoms. The van der Waals surface area contributed by atoms with Crippen molar-refractivity contribution in [1.82, 2.24) is 0 Å². The normalized spacial score (nSPS) is 9.50. The molecule has 74 valence electrons. The third-order valence-electron chi connectivity index (χ3n) is 1.40. The van der Waals surface area contributed by atoms with Gasteiger partial charge in [0.1, 0.15) is 0 Å². The summed E-state index contributed by atoms with van der Waals surface area (Å²) >= 11 is 11.6. The van der Waals surface area contributed by atoms with E-state index in [1.807, 2.05) is 0 Å². The fourth-order valence-electron chi connectivity index (χ4n) is 0.831. The Morgan fingerprint density at radius 2 is 2.21 bits per heavy atom. The maximum absolute atomic E-state index is 8.33. The Morgan fingerprint density at radius 3 is 2.86 bits per heavy atom. The first-order valence-electron chi connectivity index (χ1n) is 3.83. The molecule has 0 aliphatic rings. The fraction of sp³-hybridized carbons (Fsp3) is 0.222. The summed E-state index contributed by atoms with van der Waals surface area (Å²) in [6.45, 7) is 0.523. The first-order valence-corrected chi connectivity index (χ1v) is 6.65. The minimum atomic E-state index is -0.00109. The number of benzene rings is 1. The zero-order chi connectivity index (χ0) is 10.4. The van der Waals surface area contributed by atoms with E-state index in [-0.39, 0.29) is 15.0 Å². The molecule has 1 rings (SSSR count). The number of nitrogens with zero attached hydrogens (tertiary/aromatic N) is 1. The number of ether oxygens (including phenoxy) is 1. The molecular formula is C9H7Cl2NOSe. The van der Waals surface area contributed by atoms with E-state index in [0.29, 0.717) is 22.4 Å². The standard InChI is InChI=1S/C9H7Cl2NOSe/c10-7-1-2-9(8(11)5-7)13-3-4-14-6-12/h1-2,5H,3-4H2. The zero-order valence-corrected chi connectivity index (χ0v) is 10.4. The van der Waals surface area contributed by atoms with Gasteiger partial charge in [-0.05, 0) is 0 Å². The second kappa shape index (κ2) is 6.16. The number of halogens is 2. The molecule has 5 heteroatoms. The average molecular weight is 295 g/mol. The number of nitriles is 1. The summed E-state index contributed by atoms with van der Waals surface area (Å²) in [5, 5.41) is 10.2. The van der Waals surface area contributed by atoms with Crippen LogP contribution in [0.15, 0.2) is 18.2 Å². The monoisotopic (exact) mass is 295 g/mol. The molecule has 0 aliphatic heterocycles. The molecule has 0 amide bonds. The third-order valence-corrected chi connectivity index (χ3v) is 2.98. The van der Waals surface area contributed by atoms with Gasteiger partial charge < -0.3 is 0 Å². The van der Waals surface area contributed by atoms with Crippen LogP contribution in [0.5, 0.6) is 5.75 Å². The molecule has 1 aromatic carbocycles. The van der Waals surface area contributed by atoms with Crippen molar-refractivity contribution in [2.24, 2.45) is 0 Å². The molecule has 0 aliphatic carbocycles. The summed E-state index contributed by atoms with van der Waals surface area (Å²) in [5.41, 5.74) is 0. The van der Waals surface area contributed by atoms with Crippen molar-refractivity contribution in [3.63, 3.8) is 0 Å². The molecule has 0 fully saturated rings. The fourth-order valence-corrected chi connectivity index (χ4v) is 1.84. The summed E-state index contributed by atoms with van der Waals surface area (Å²) in [6.07, 6.45) is 0. The second-order valence-corrected chi connectivity index (χ2v) is 5.05. The van der Waals surface area contributed by atoms with Gasteiger partial charge in [-0.2, -0.15) is 0 Å². The van der Waals surface area contributed by atoms with Gasteiger partial charge in [0.05, 0.1) is 0 Å². The Hall–Kier alpha value is -0.391. The van der Waals surface area contributed by atoms with Crippen LogP contribution < -0.4 is 4.74 Å². The molecule has 1 aromatic rings. The third kappa shape index (κ3) is 3.77. The van der Waals surface area contributed by atoms with E-state index >= 15 is 0 Å². The van der Waals surface area contributed by atoms with E-state index in [9.17, 15) is 0 Å². The molecule has 0 saturated carbocycles. The molecule has 0 saturated heterocycles. The van der Waals surface area contributed by atoms with Crippen molar-refractivity contribution in [3.05, 3.63) is 28.2 Å². The van der Waals surface area contributed by atoms with E-state index in [1.54, 1.807) is 18.2 Å². The van der Waals surface area contributed by atoms with E-state index in [2.05, 4.69) is 4.97 Å². The molecule has 0 N–H and O–H groups in total. The Kier molecular flexibility index (Phi) is 5.14. The van der Waals surface area contributed by atoms with Gasteiger partial charge in [0, 0.05) is 0 Å². The van der Waals surface area contributed by atoms with Gasteiger partial charge >= 0.3 is 99.0 Å². The molecule has 0 aromatic heterocycles. The Labute approximate surface area is 98.9 Å². The summed E-state index contributed by atoms with van der Waals surface area (Å²) in [6, 6.07) is 5.08. The summed E-state index contributed by atoms with van der Waals surface area (Å²) in [4.78, 5) is 2.11. The molecule has 0 atom stereocenters. The van der Waals surface area contributed by atoms with Crippen LogP contribution in [0.4, 0.5) is 0 Å². The van der Waals surface area contributed by atoms with Crippen molar-refractivity contribution in [2.75, 3.05) is 6.61 Å². The van der Waals surface area contributed by atoms with Crippen molar-refractivity contribution >= 4 is 38.2 Å². The van der Waals surface area contributed by atoms with Crippen LogP contribution in [0, 0.1) is 10.2 Å². The summed E-state index contributed by atoms with van der Waals surface area (Å²) < 4.78 is 5.37. The van der Waals surface area contributed by atoms with Crippen LogP contribution in [0.2, 0.25) is 15.4 Å². The van der Waals surface area contributed by atoms with Crippen LogP contribution >= 0.6 is 23.2 Å². The Morgan fingerprint density at radius 1 is 1.43 bits per heavy atom. The SMILES string of the molecule is N#C[Se]CCOc1ccc(Cl)cc1Cl. The van der Waals surface area contributed by atoms with Crippen LogP contribution in [-0.4, -0.2) is 21.6 Å². The number of hydrogen-bond acceptors (Lipinski definition) is 2. The van der Waals surface area contributed by atoms with Crippen LogP contribution in [0.1, 0.15) is 0 Å². The van der Waals surface area contributed by atoms with Gasteiger partial charge in [0.15, 0.2) is 0 Å². The second-order valence-electron chi connectivity index (χ2n) is 2.36. The van der Waals surface area contributed by atoms with Gasteiger partial charge in [-0.15, -0.1) is 0 Å². The van der Waals surface area contributed by atoms with Gasteiger partial charge in [0.2, 0.25) is 0 Å². The predicted octanol–water partition coefficient (Wildman–Crippen LogP) is 2.98. The first-order chi connectivity index (χ1) is 6.74. The van der Waals surface area contributed by atoms with Crippen molar-refractivity contribution < 1.29 is 4.74 Å². The number of rotatable bonds is 4. The van der Waals surface area contributed by atoms with E-state index in [4.69, 9.17) is 33.2 Å². The molecule has 2 nitrogen and oxygen atoms in total. The Balaban J connectivity index is 2.47. The van der Waals surface area contributed by atoms with Gasteiger partial charge in [0.25, 0.3) is 0 Å². The van der Waals surface area contributed by atoms with Crippen molar-refractivity contribution in [3.8, 4) is 10.7 Å². The van der Waals surface area contributed by atoms with Crippen LogP contribution in [0.25, 0.3) is 0 Å². The van der Waals surface area contributed by atoms with Crippen molar-refractivity contribution in [2.45, 2.75) is 5.32 Å². The molecule has 0 unspecified atom stereocenters. The molecular weight excluding hydrogens is 288 g/mol. The topological polar surface area (TPSA) is 33.0 Å². The van der Waals surface area contributed by atoms with E-state index < -0.39 is 0 Å². The quantitative estimate of drug-likeness (QED) is 0.632. The van der Waals surface area contributed by atoms with E-state index in [0.717, 1.165) is 5.32 Å². The summed E-state index contributed by atoms with van der Waals surface area (Å²) in [5.74, 6) is 0.616.